The summed E-state index contributed by atoms with van der Waals surface area (Å²) >= 11 is 5.83. The summed E-state index contributed by atoms with van der Waals surface area (Å²) in [5.41, 5.74) is 1.20. The third-order valence-corrected chi connectivity index (χ3v) is 1.94. The third-order valence-electron chi connectivity index (χ3n) is 1.70. The zero-order valence-electron chi connectivity index (χ0n) is 8.13. The van der Waals surface area contributed by atoms with Gasteiger partial charge in [0, 0.05) is 25.2 Å². The molecule has 1 aromatic carbocycles. The van der Waals surface area contributed by atoms with Crippen molar-refractivity contribution in [2.45, 2.75) is 6.54 Å². The van der Waals surface area contributed by atoms with Gasteiger partial charge in [-0.15, -0.1) is 12.4 Å². The predicted molar refractivity (Wildman–Crippen MR) is 62.3 cm³/mol. The molecule has 80 valence electrons. The SMILES string of the molecule is COCCNCc1cccc(Cl)c1.Cl. The van der Waals surface area contributed by atoms with Crippen LogP contribution >= 0.6 is 24.0 Å². The van der Waals surface area contributed by atoms with Crippen LogP contribution in [0.5, 0.6) is 0 Å². The minimum Gasteiger partial charge on any atom is -0.383 e. The standard InChI is InChI=1S/C10H14ClNO.ClH/c1-13-6-5-12-8-9-3-2-4-10(11)7-9;/h2-4,7,12H,5-6,8H2,1H3;1H. The van der Waals surface area contributed by atoms with E-state index >= 15 is 0 Å². The van der Waals surface area contributed by atoms with Crippen molar-refractivity contribution >= 4 is 24.0 Å². The van der Waals surface area contributed by atoms with Gasteiger partial charge in [0.15, 0.2) is 0 Å². The van der Waals surface area contributed by atoms with E-state index in [-0.39, 0.29) is 12.4 Å². The number of hydrogen-bond donors (Lipinski definition) is 1. The summed E-state index contributed by atoms with van der Waals surface area (Å²) in [7, 11) is 1.70. The highest BCUT2D eigenvalue weighted by molar-refractivity contribution is 6.30. The minimum absolute atomic E-state index is 0. The Bertz CT molecular complexity index is 256. The van der Waals surface area contributed by atoms with E-state index in [1.54, 1.807) is 7.11 Å². The maximum atomic E-state index is 5.83. The first kappa shape index (κ1) is 13.7. The van der Waals surface area contributed by atoms with Crippen LogP contribution in [0.4, 0.5) is 0 Å². The van der Waals surface area contributed by atoms with Crippen LogP contribution in [0.15, 0.2) is 24.3 Å². The highest BCUT2D eigenvalue weighted by atomic mass is 35.5. The van der Waals surface area contributed by atoms with E-state index in [1.807, 2.05) is 24.3 Å². The van der Waals surface area contributed by atoms with Crippen LogP contribution < -0.4 is 5.32 Å². The fraction of sp³-hybridized carbons (Fsp3) is 0.400. The highest BCUT2D eigenvalue weighted by Gasteiger charge is 1.92. The van der Waals surface area contributed by atoms with Crippen LogP contribution in [0.1, 0.15) is 5.56 Å². The fourth-order valence-electron chi connectivity index (χ4n) is 1.05. The van der Waals surface area contributed by atoms with Gasteiger partial charge in [0.2, 0.25) is 0 Å². The molecule has 0 radical (unpaired) electrons. The number of nitrogens with one attached hydrogen (secondary N) is 1. The van der Waals surface area contributed by atoms with Gasteiger partial charge in [-0.3, -0.25) is 0 Å². The Morgan fingerprint density at radius 1 is 1.43 bits per heavy atom. The molecule has 0 heterocycles. The number of hydrogen-bond acceptors (Lipinski definition) is 2. The second-order valence-electron chi connectivity index (χ2n) is 2.80. The quantitative estimate of drug-likeness (QED) is 0.793. The van der Waals surface area contributed by atoms with E-state index in [0.29, 0.717) is 0 Å². The summed E-state index contributed by atoms with van der Waals surface area (Å²) < 4.78 is 4.91. The van der Waals surface area contributed by atoms with Crippen molar-refractivity contribution in [3.05, 3.63) is 34.9 Å². The van der Waals surface area contributed by atoms with Crippen LogP contribution in [0.25, 0.3) is 0 Å². The zero-order valence-corrected chi connectivity index (χ0v) is 9.70. The zero-order chi connectivity index (χ0) is 9.52. The molecule has 1 rings (SSSR count). The second kappa shape index (κ2) is 8.06. The molecule has 0 aliphatic heterocycles. The van der Waals surface area contributed by atoms with Gasteiger partial charge < -0.3 is 10.1 Å². The first-order valence-electron chi connectivity index (χ1n) is 4.27. The molecule has 14 heavy (non-hydrogen) atoms. The molecule has 0 unspecified atom stereocenters. The Balaban J connectivity index is 0.00000169. The van der Waals surface area contributed by atoms with Gasteiger partial charge in [0.05, 0.1) is 6.61 Å². The lowest BCUT2D eigenvalue weighted by Gasteiger charge is -2.03. The molecule has 0 saturated carbocycles. The molecule has 0 aromatic heterocycles. The second-order valence-corrected chi connectivity index (χ2v) is 3.24. The van der Waals surface area contributed by atoms with Crippen LogP contribution in [0.2, 0.25) is 5.02 Å². The predicted octanol–water partition coefficient (Wildman–Crippen LogP) is 2.50. The van der Waals surface area contributed by atoms with Crippen LogP contribution in [0, 0.1) is 0 Å². The summed E-state index contributed by atoms with van der Waals surface area (Å²) in [6.45, 7) is 2.44. The first-order chi connectivity index (χ1) is 6.33. The number of methoxy groups -OCH3 is 1. The topological polar surface area (TPSA) is 21.3 Å². The molecule has 4 heteroatoms. The Labute approximate surface area is 96.0 Å². The normalized spacial score (nSPS) is 9.57. The molecular weight excluding hydrogens is 221 g/mol. The van der Waals surface area contributed by atoms with Crippen molar-refractivity contribution < 1.29 is 4.74 Å². The molecule has 2 nitrogen and oxygen atoms in total. The maximum absolute atomic E-state index is 5.83. The number of ether oxygens (including phenoxy) is 1. The summed E-state index contributed by atoms with van der Waals surface area (Å²) in [4.78, 5) is 0. The van der Waals surface area contributed by atoms with Gasteiger partial charge in [-0.05, 0) is 17.7 Å². The van der Waals surface area contributed by atoms with E-state index in [0.717, 1.165) is 24.7 Å². The van der Waals surface area contributed by atoms with Crippen molar-refractivity contribution in [3.8, 4) is 0 Å². The molecule has 0 aliphatic rings. The molecule has 0 bridgehead atoms. The van der Waals surface area contributed by atoms with Gasteiger partial charge in [0.25, 0.3) is 0 Å². The smallest absolute Gasteiger partial charge is 0.0587 e. The number of rotatable bonds is 5. The van der Waals surface area contributed by atoms with Crippen LogP contribution in [0.3, 0.4) is 0 Å². The van der Waals surface area contributed by atoms with E-state index in [4.69, 9.17) is 16.3 Å². The molecule has 0 spiro atoms. The van der Waals surface area contributed by atoms with E-state index in [1.165, 1.54) is 5.56 Å². The van der Waals surface area contributed by atoms with Crippen molar-refractivity contribution in [2.24, 2.45) is 0 Å². The molecule has 0 amide bonds. The lowest BCUT2D eigenvalue weighted by Crippen LogP contribution is -2.18. The fourth-order valence-corrected chi connectivity index (χ4v) is 1.27. The molecule has 0 aliphatic carbocycles. The maximum Gasteiger partial charge on any atom is 0.0587 e. The highest BCUT2D eigenvalue weighted by Crippen LogP contribution is 2.09. The van der Waals surface area contributed by atoms with E-state index in [9.17, 15) is 0 Å². The Morgan fingerprint density at radius 3 is 2.86 bits per heavy atom. The molecule has 0 atom stereocenters. The number of benzene rings is 1. The van der Waals surface area contributed by atoms with Crippen molar-refractivity contribution in [3.63, 3.8) is 0 Å². The largest absolute Gasteiger partial charge is 0.383 e. The lowest BCUT2D eigenvalue weighted by atomic mass is 10.2. The summed E-state index contributed by atoms with van der Waals surface area (Å²) in [6.07, 6.45) is 0. The van der Waals surface area contributed by atoms with Crippen molar-refractivity contribution in [1.29, 1.82) is 0 Å². The van der Waals surface area contributed by atoms with Gasteiger partial charge in [0.1, 0.15) is 0 Å². The molecule has 0 fully saturated rings. The average molecular weight is 236 g/mol. The van der Waals surface area contributed by atoms with Crippen LogP contribution in [-0.2, 0) is 11.3 Å². The number of halogens is 2. The summed E-state index contributed by atoms with van der Waals surface area (Å²) in [5, 5.41) is 4.03. The first-order valence-corrected chi connectivity index (χ1v) is 4.65. The monoisotopic (exact) mass is 235 g/mol. The molecule has 1 aromatic rings. The molecule has 1 N–H and O–H groups in total. The Morgan fingerprint density at radius 2 is 2.21 bits per heavy atom. The van der Waals surface area contributed by atoms with Crippen molar-refractivity contribution in [2.75, 3.05) is 20.3 Å². The lowest BCUT2D eigenvalue weighted by molar-refractivity contribution is 0.199. The van der Waals surface area contributed by atoms with Gasteiger partial charge in [-0.1, -0.05) is 23.7 Å². The Hall–Kier alpha value is -0.280. The molecular formula is C10H15Cl2NO. The van der Waals surface area contributed by atoms with E-state index < -0.39 is 0 Å². The summed E-state index contributed by atoms with van der Waals surface area (Å²) in [6, 6.07) is 7.84. The van der Waals surface area contributed by atoms with E-state index in [2.05, 4.69) is 5.32 Å². The average Bonchev–Trinajstić information content (AvgIpc) is 2.13. The minimum atomic E-state index is 0. The van der Waals surface area contributed by atoms with Crippen LogP contribution in [-0.4, -0.2) is 20.3 Å². The molecule has 0 saturated heterocycles. The summed E-state index contributed by atoms with van der Waals surface area (Å²) in [5.74, 6) is 0. The van der Waals surface area contributed by atoms with Gasteiger partial charge in [-0.25, -0.2) is 0 Å². The van der Waals surface area contributed by atoms with Gasteiger partial charge in [-0.2, -0.15) is 0 Å². The van der Waals surface area contributed by atoms with Crippen molar-refractivity contribution in [1.82, 2.24) is 5.32 Å². The van der Waals surface area contributed by atoms with Gasteiger partial charge >= 0.3 is 0 Å². The third kappa shape index (κ3) is 5.45. The Kier molecular flexibility index (Phi) is 7.90.